The number of nitrogens with zero attached hydrogens (tertiary/aromatic N) is 2. The lowest BCUT2D eigenvalue weighted by Crippen LogP contribution is -2.30. The van der Waals surface area contributed by atoms with Gasteiger partial charge in [0.05, 0.1) is 0 Å². The Morgan fingerprint density at radius 3 is 3.06 bits per heavy atom. The highest BCUT2D eigenvalue weighted by Crippen LogP contribution is 2.28. The van der Waals surface area contributed by atoms with Crippen LogP contribution in [0.3, 0.4) is 0 Å². The molecule has 0 aliphatic carbocycles. The molecule has 6 heteroatoms. The molecule has 0 fully saturated rings. The molecule has 0 aromatic carbocycles. The van der Waals surface area contributed by atoms with Crippen LogP contribution in [0, 0.1) is 0 Å². The summed E-state index contributed by atoms with van der Waals surface area (Å²) in [6.45, 7) is 3.11. The fourth-order valence-corrected chi connectivity index (χ4v) is 3.27. The van der Waals surface area contributed by atoms with Crippen LogP contribution < -0.4 is 11.3 Å². The molecule has 0 aliphatic heterocycles. The van der Waals surface area contributed by atoms with E-state index in [1.165, 1.54) is 0 Å². The molecule has 2 heterocycles. The molecular formula is C11H15BrN4S. The molecule has 0 aliphatic rings. The molecule has 0 amide bonds. The van der Waals surface area contributed by atoms with Crippen molar-refractivity contribution in [3.8, 4) is 0 Å². The highest BCUT2D eigenvalue weighted by atomic mass is 79.9. The maximum absolute atomic E-state index is 5.66. The van der Waals surface area contributed by atoms with Crippen molar-refractivity contribution in [1.29, 1.82) is 0 Å². The van der Waals surface area contributed by atoms with Gasteiger partial charge in [-0.2, -0.15) is 0 Å². The summed E-state index contributed by atoms with van der Waals surface area (Å²) in [7, 11) is 0. The standard InChI is InChI=1S/C11H15BrN4S/c1-2-4-16-5-3-14-11(16)10(15-13)9-6-8(12)7-17-9/h3,5-7,10,15H,2,4,13H2,1H3. The summed E-state index contributed by atoms with van der Waals surface area (Å²) in [5, 5.41) is 2.05. The average Bonchev–Trinajstić information content (AvgIpc) is 2.91. The first-order chi connectivity index (χ1) is 8.26. The Kier molecular flexibility index (Phi) is 4.33. The van der Waals surface area contributed by atoms with Crippen molar-refractivity contribution in [1.82, 2.24) is 15.0 Å². The lowest BCUT2D eigenvalue weighted by molar-refractivity contribution is 0.551. The van der Waals surface area contributed by atoms with E-state index in [9.17, 15) is 0 Å². The summed E-state index contributed by atoms with van der Waals surface area (Å²) in [5.41, 5.74) is 2.84. The second-order valence-corrected chi connectivity index (χ2v) is 5.60. The van der Waals surface area contributed by atoms with Gasteiger partial charge in [-0.25, -0.2) is 10.4 Å². The van der Waals surface area contributed by atoms with Gasteiger partial charge in [0.1, 0.15) is 11.9 Å². The van der Waals surface area contributed by atoms with Crippen LogP contribution in [0.2, 0.25) is 0 Å². The van der Waals surface area contributed by atoms with Crippen molar-refractivity contribution in [3.63, 3.8) is 0 Å². The van der Waals surface area contributed by atoms with Gasteiger partial charge in [0, 0.05) is 33.7 Å². The number of aromatic nitrogens is 2. The summed E-state index contributed by atoms with van der Waals surface area (Å²) in [4.78, 5) is 5.56. The van der Waals surface area contributed by atoms with E-state index in [1.54, 1.807) is 11.3 Å². The minimum absolute atomic E-state index is 0.0483. The third-order valence-corrected chi connectivity index (χ3v) is 4.27. The van der Waals surface area contributed by atoms with Crippen molar-refractivity contribution >= 4 is 27.3 Å². The molecule has 2 aromatic rings. The number of hydrogen-bond acceptors (Lipinski definition) is 4. The number of imidazole rings is 1. The van der Waals surface area contributed by atoms with Crippen LogP contribution in [0.4, 0.5) is 0 Å². The molecule has 3 N–H and O–H groups in total. The van der Waals surface area contributed by atoms with Crippen LogP contribution in [0.15, 0.2) is 28.3 Å². The van der Waals surface area contributed by atoms with E-state index in [1.807, 2.05) is 17.8 Å². The number of hydrogen-bond donors (Lipinski definition) is 2. The zero-order chi connectivity index (χ0) is 12.3. The van der Waals surface area contributed by atoms with E-state index < -0.39 is 0 Å². The Morgan fingerprint density at radius 2 is 2.47 bits per heavy atom. The van der Waals surface area contributed by atoms with Crippen LogP contribution in [0.5, 0.6) is 0 Å². The summed E-state index contributed by atoms with van der Waals surface area (Å²) in [5.74, 6) is 6.62. The number of aryl methyl sites for hydroxylation is 1. The number of hydrazine groups is 1. The predicted molar refractivity (Wildman–Crippen MR) is 73.7 cm³/mol. The molecule has 17 heavy (non-hydrogen) atoms. The molecule has 4 nitrogen and oxygen atoms in total. The van der Waals surface area contributed by atoms with Gasteiger partial charge in [0.2, 0.25) is 0 Å². The first-order valence-electron chi connectivity index (χ1n) is 5.47. The summed E-state index contributed by atoms with van der Waals surface area (Å²) < 4.78 is 3.21. The van der Waals surface area contributed by atoms with Crippen LogP contribution in [0.25, 0.3) is 0 Å². The van der Waals surface area contributed by atoms with Gasteiger partial charge in [-0.15, -0.1) is 11.3 Å². The van der Waals surface area contributed by atoms with Gasteiger partial charge >= 0.3 is 0 Å². The Bertz CT molecular complexity index is 479. The van der Waals surface area contributed by atoms with E-state index in [4.69, 9.17) is 5.84 Å². The number of nitrogens with two attached hydrogens (primary N) is 1. The topological polar surface area (TPSA) is 55.9 Å². The zero-order valence-electron chi connectivity index (χ0n) is 9.56. The maximum Gasteiger partial charge on any atom is 0.132 e. The highest BCUT2D eigenvalue weighted by molar-refractivity contribution is 9.10. The first-order valence-corrected chi connectivity index (χ1v) is 7.14. The van der Waals surface area contributed by atoms with Crippen molar-refractivity contribution in [3.05, 3.63) is 39.0 Å². The van der Waals surface area contributed by atoms with E-state index in [2.05, 4.69) is 43.9 Å². The molecular weight excluding hydrogens is 300 g/mol. The number of nitrogens with one attached hydrogen (secondary N) is 1. The lowest BCUT2D eigenvalue weighted by atomic mass is 10.2. The van der Waals surface area contributed by atoms with Crippen LogP contribution >= 0.6 is 27.3 Å². The van der Waals surface area contributed by atoms with Gasteiger partial charge in [-0.1, -0.05) is 6.92 Å². The van der Waals surface area contributed by atoms with E-state index >= 15 is 0 Å². The maximum atomic E-state index is 5.66. The Morgan fingerprint density at radius 1 is 1.65 bits per heavy atom. The Labute approximate surface area is 113 Å². The van der Waals surface area contributed by atoms with Gasteiger partial charge in [-0.05, 0) is 28.4 Å². The number of thiophene rings is 1. The van der Waals surface area contributed by atoms with E-state index in [0.717, 1.165) is 28.1 Å². The second kappa shape index (κ2) is 5.77. The number of halogens is 1. The van der Waals surface area contributed by atoms with Gasteiger partial charge in [0.15, 0.2) is 0 Å². The average molecular weight is 315 g/mol. The van der Waals surface area contributed by atoms with Crippen LogP contribution in [0.1, 0.15) is 30.1 Å². The minimum atomic E-state index is -0.0483. The lowest BCUT2D eigenvalue weighted by Gasteiger charge is -2.15. The third kappa shape index (κ3) is 2.77. The highest BCUT2D eigenvalue weighted by Gasteiger charge is 2.19. The van der Waals surface area contributed by atoms with Gasteiger partial charge < -0.3 is 4.57 Å². The summed E-state index contributed by atoms with van der Waals surface area (Å²) >= 11 is 5.12. The molecule has 0 spiro atoms. The molecule has 0 saturated heterocycles. The van der Waals surface area contributed by atoms with Crippen molar-refractivity contribution in [2.45, 2.75) is 25.9 Å². The van der Waals surface area contributed by atoms with Crippen LogP contribution in [-0.4, -0.2) is 9.55 Å². The quantitative estimate of drug-likeness (QED) is 0.659. The summed E-state index contributed by atoms with van der Waals surface area (Å²) in [6, 6.07) is 2.02. The van der Waals surface area contributed by atoms with Gasteiger partial charge in [0.25, 0.3) is 0 Å². The fourth-order valence-electron chi connectivity index (χ4n) is 1.77. The molecule has 0 bridgehead atoms. The number of rotatable bonds is 5. The van der Waals surface area contributed by atoms with Gasteiger partial charge in [-0.3, -0.25) is 5.84 Å². The second-order valence-electron chi connectivity index (χ2n) is 3.75. The van der Waals surface area contributed by atoms with Crippen molar-refractivity contribution in [2.75, 3.05) is 0 Å². The van der Waals surface area contributed by atoms with Crippen LogP contribution in [-0.2, 0) is 6.54 Å². The van der Waals surface area contributed by atoms with Crippen molar-refractivity contribution < 1.29 is 0 Å². The molecule has 92 valence electrons. The molecule has 0 radical (unpaired) electrons. The Balaban J connectivity index is 2.31. The summed E-state index contributed by atoms with van der Waals surface area (Å²) in [6.07, 6.45) is 4.89. The first kappa shape index (κ1) is 12.8. The third-order valence-electron chi connectivity index (χ3n) is 2.51. The monoisotopic (exact) mass is 314 g/mol. The minimum Gasteiger partial charge on any atom is -0.333 e. The Hall–Kier alpha value is -0.690. The fraction of sp³-hybridized carbons (Fsp3) is 0.364. The normalized spacial score (nSPS) is 12.9. The van der Waals surface area contributed by atoms with E-state index in [0.29, 0.717) is 0 Å². The molecule has 0 saturated carbocycles. The predicted octanol–water partition coefficient (Wildman–Crippen LogP) is 2.67. The smallest absolute Gasteiger partial charge is 0.132 e. The molecule has 2 aromatic heterocycles. The SMILES string of the molecule is CCCn1ccnc1C(NN)c1cc(Br)cs1. The zero-order valence-corrected chi connectivity index (χ0v) is 12.0. The molecule has 1 unspecified atom stereocenters. The van der Waals surface area contributed by atoms with Crippen molar-refractivity contribution in [2.24, 2.45) is 5.84 Å². The molecule has 1 atom stereocenters. The molecule has 2 rings (SSSR count). The van der Waals surface area contributed by atoms with E-state index in [-0.39, 0.29) is 6.04 Å². The largest absolute Gasteiger partial charge is 0.333 e.